The second-order valence-electron chi connectivity index (χ2n) is 9.81. The van der Waals surface area contributed by atoms with Crippen molar-refractivity contribution >= 4 is 46.0 Å². The number of carbonyl (C=O) groups excluding carboxylic acids is 2. The lowest BCUT2D eigenvalue weighted by Crippen LogP contribution is -2.43. The molecule has 1 unspecified atom stereocenters. The minimum atomic E-state index is -0.572. The lowest BCUT2D eigenvalue weighted by molar-refractivity contribution is 0.0169. The van der Waals surface area contributed by atoms with Crippen molar-refractivity contribution in [1.29, 1.82) is 0 Å². The maximum absolute atomic E-state index is 12.8. The predicted octanol–water partition coefficient (Wildman–Crippen LogP) is 4.36. The maximum atomic E-state index is 12.8. The lowest BCUT2D eigenvalue weighted by Gasteiger charge is -2.34. The van der Waals surface area contributed by atoms with Crippen LogP contribution < -0.4 is 11.1 Å². The number of piperidine rings is 1. The molecule has 1 fully saturated rings. The minimum Gasteiger partial charge on any atom is -0.444 e. The number of amides is 2. The number of aromatic nitrogens is 5. The van der Waals surface area contributed by atoms with Gasteiger partial charge in [0, 0.05) is 19.3 Å². The molecule has 11 nitrogen and oxygen atoms in total. The number of nitrogens with two attached hydrogens (primary N) is 1. The second-order valence-corrected chi connectivity index (χ2v) is 10.9. The van der Waals surface area contributed by atoms with Gasteiger partial charge in [-0.1, -0.05) is 6.07 Å². The third-order valence-corrected chi connectivity index (χ3v) is 6.97. The predicted molar refractivity (Wildman–Crippen MR) is 141 cm³/mol. The summed E-state index contributed by atoms with van der Waals surface area (Å²) in [5, 5.41) is 8.31. The molecular weight excluding hydrogens is 492 g/mol. The van der Waals surface area contributed by atoms with Gasteiger partial charge in [-0.25, -0.2) is 24.4 Å². The van der Waals surface area contributed by atoms with Crippen molar-refractivity contribution in [2.45, 2.75) is 45.3 Å². The second kappa shape index (κ2) is 9.77. The van der Waals surface area contributed by atoms with Crippen LogP contribution in [0.4, 0.5) is 16.4 Å². The number of likely N-dealkylation sites (tertiary alicyclic amines) is 1. The molecule has 37 heavy (non-hydrogen) atoms. The highest BCUT2D eigenvalue weighted by atomic mass is 32.1. The number of nitrogens with one attached hydrogen (secondary N) is 1. The minimum absolute atomic E-state index is 0.112. The molecule has 4 aromatic heterocycles. The molecule has 5 rings (SSSR count). The standard InChI is InChI=1S/C25H28N8O3S/c1-25(2,3)36-24(35)32-12-6-7-15(13-32)33-22-19(21(26)28-14-29-22)20(31-33)16-9-10-17(37-16)23(34)30-18-8-4-5-11-27-18/h4-5,8-11,14-15H,6-7,12-13H2,1-3H3,(H2,26,28,29)(H,27,30,34). The zero-order valence-electron chi connectivity index (χ0n) is 20.8. The fourth-order valence-electron chi connectivity index (χ4n) is 4.27. The van der Waals surface area contributed by atoms with Crippen LogP contribution in [0.3, 0.4) is 0 Å². The molecule has 1 saturated heterocycles. The number of carbonyl (C=O) groups is 2. The Kier molecular flexibility index (Phi) is 6.50. The van der Waals surface area contributed by atoms with Crippen molar-refractivity contribution in [3.63, 3.8) is 0 Å². The van der Waals surface area contributed by atoms with Gasteiger partial charge in [-0.15, -0.1) is 11.3 Å². The molecule has 3 N–H and O–H groups in total. The number of rotatable bonds is 4. The highest BCUT2D eigenvalue weighted by molar-refractivity contribution is 7.17. The van der Waals surface area contributed by atoms with Crippen LogP contribution in [0.2, 0.25) is 0 Å². The Morgan fingerprint density at radius 1 is 1.16 bits per heavy atom. The third kappa shape index (κ3) is 5.24. The number of nitrogens with zero attached hydrogens (tertiary/aromatic N) is 6. The molecule has 0 saturated carbocycles. The van der Waals surface area contributed by atoms with Crippen molar-refractivity contribution in [2.75, 3.05) is 24.1 Å². The van der Waals surface area contributed by atoms with Gasteiger partial charge in [0.2, 0.25) is 0 Å². The van der Waals surface area contributed by atoms with Crippen molar-refractivity contribution in [1.82, 2.24) is 29.6 Å². The topological polar surface area (TPSA) is 141 Å². The van der Waals surface area contributed by atoms with Crippen LogP contribution in [0.15, 0.2) is 42.9 Å². The molecule has 0 radical (unpaired) electrons. The van der Waals surface area contributed by atoms with Gasteiger partial charge in [-0.2, -0.15) is 5.10 Å². The fraction of sp³-hybridized carbons (Fsp3) is 0.360. The first-order valence-corrected chi connectivity index (χ1v) is 12.8. The highest BCUT2D eigenvalue weighted by Crippen LogP contribution is 2.37. The summed E-state index contributed by atoms with van der Waals surface area (Å²) in [5.41, 5.74) is 6.90. The van der Waals surface area contributed by atoms with E-state index in [-0.39, 0.29) is 18.0 Å². The number of thiophene rings is 1. The Balaban J connectivity index is 1.45. The van der Waals surface area contributed by atoms with Gasteiger partial charge < -0.3 is 20.7 Å². The van der Waals surface area contributed by atoms with Crippen LogP contribution in [0, 0.1) is 0 Å². The summed E-state index contributed by atoms with van der Waals surface area (Å²) in [6.07, 6.45) is 4.31. The van der Waals surface area contributed by atoms with Gasteiger partial charge in [-0.05, 0) is 57.9 Å². The SMILES string of the molecule is CC(C)(C)OC(=O)N1CCCC(n2nc(-c3ccc(C(=O)Nc4ccccn4)s3)c3c(N)ncnc32)C1. The van der Waals surface area contributed by atoms with E-state index < -0.39 is 5.60 Å². The summed E-state index contributed by atoms with van der Waals surface area (Å²) in [5.74, 6) is 0.517. The number of pyridine rings is 1. The Labute approximate surface area is 217 Å². The summed E-state index contributed by atoms with van der Waals surface area (Å²) >= 11 is 1.30. The van der Waals surface area contributed by atoms with Crippen molar-refractivity contribution in [3.8, 4) is 10.6 Å². The van der Waals surface area contributed by atoms with Crippen LogP contribution in [0.25, 0.3) is 21.6 Å². The number of anilines is 2. The molecule has 0 spiro atoms. The number of fused-ring (bicyclic) bond motifs is 1. The van der Waals surface area contributed by atoms with Gasteiger partial charge in [-0.3, -0.25) is 4.79 Å². The van der Waals surface area contributed by atoms with Crippen LogP contribution in [0.1, 0.15) is 49.3 Å². The number of ether oxygens (including phenoxy) is 1. The summed E-state index contributed by atoms with van der Waals surface area (Å²) < 4.78 is 7.41. The Morgan fingerprint density at radius 2 is 2.00 bits per heavy atom. The molecule has 1 aliphatic rings. The van der Waals surface area contributed by atoms with Gasteiger partial charge in [0.1, 0.15) is 29.3 Å². The van der Waals surface area contributed by atoms with Crippen LogP contribution in [-0.4, -0.2) is 60.3 Å². The summed E-state index contributed by atoms with van der Waals surface area (Å²) in [4.78, 5) is 41.3. The van der Waals surface area contributed by atoms with E-state index >= 15 is 0 Å². The molecule has 5 heterocycles. The molecule has 0 bridgehead atoms. The van der Waals surface area contributed by atoms with E-state index in [1.54, 1.807) is 35.4 Å². The monoisotopic (exact) mass is 520 g/mol. The lowest BCUT2D eigenvalue weighted by atomic mass is 10.1. The third-order valence-electron chi connectivity index (χ3n) is 5.88. The Bertz CT molecular complexity index is 1440. The molecule has 1 aliphatic heterocycles. The first-order valence-electron chi connectivity index (χ1n) is 12.0. The van der Waals surface area contributed by atoms with Crippen LogP contribution in [-0.2, 0) is 4.74 Å². The number of hydrogen-bond donors (Lipinski definition) is 2. The molecule has 1 atom stereocenters. The molecular formula is C25H28N8O3S. The van der Waals surface area contributed by atoms with Crippen molar-refractivity contribution in [2.24, 2.45) is 0 Å². The summed E-state index contributed by atoms with van der Waals surface area (Å²) in [7, 11) is 0. The first kappa shape index (κ1) is 24.6. The fourth-order valence-corrected chi connectivity index (χ4v) is 5.16. The van der Waals surface area contributed by atoms with E-state index in [0.29, 0.717) is 46.3 Å². The van der Waals surface area contributed by atoms with Crippen molar-refractivity contribution < 1.29 is 14.3 Å². The molecule has 0 aromatic carbocycles. The van der Waals surface area contributed by atoms with Gasteiger partial charge in [0.05, 0.1) is 21.2 Å². The molecule has 12 heteroatoms. The van der Waals surface area contributed by atoms with Crippen LogP contribution >= 0.6 is 11.3 Å². The average Bonchev–Trinajstić information content (AvgIpc) is 3.50. The quantitative estimate of drug-likeness (QED) is 0.404. The first-order chi connectivity index (χ1) is 17.7. The zero-order valence-corrected chi connectivity index (χ0v) is 21.7. The number of hydrogen-bond acceptors (Lipinski definition) is 9. The largest absolute Gasteiger partial charge is 0.444 e. The summed E-state index contributed by atoms with van der Waals surface area (Å²) in [6.45, 7) is 6.62. The Morgan fingerprint density at radius 3 is 2.76 bits per heavy atom. The highest BCUT2D eigenvalue weighted by Gasteiger charge is 2.31. The normalized spacial score (nSPS) is 16.1. The van der Waals surface area contributed by atoms with E-state index in [2.05, 4.69) is 20.3 Å². The van der Waals surface area contributed by atoms with E-state index in [0.717, 1.165) is 17.7 Å². The van der Waals surface area contributed by atoms with E-state index in [4.69, 9.17) is 15.6 Å². The van der Waals surface area contributed by atoms with E-state index in [1.807, 2.05) is 31.5 Å². The van der Waals surface area contributed by atoms with E-state index in [9.17, 15) is 9.59 Å². The number of nitrogen functional groups attached to an aromatic ring is 1. The smallest absolute Gasteiger partial charge is 0.410 e. The summed E-state index contributed by atoms with van der Waals surface area (Å²) in [6, 6.07) is 8.78. The van der Waals surface area contributed by atoms with Gasteiger partial charge in [0.15, 0.2) is 5.65 Å². The van der Waals surface area contributed by atoms with Crippen LogP contribution in [0.5, 0.6) is 0 Å². The molecule has 4 aromatic rings. The zero-order chi connectivity index (χ0) is 26.2. The molecule has 2 amide bonds. The Hall–Kier alpha value is -4.06. The van der Waals surface area contributed by atoms with Gasteiger partial charge >= 0.3 is 6.09 Å². The van der Waals surface area contributed by atoms with Gasteiger partial charge in [0.25, 0.3) is 5.91 Å². The maximum Gasteiger partial charge on any atom is 0.410 e. The molecule has 0 aliphatic carbocycles. The van der Waals surface area contributed by atoms with Crippen molar-refractivity contribution in [3.05, 3.63) is 47.7 Å². The van der Waals surface area contributed by atoms with E-state index in [1.165, 1.54) is 17.7 Å². The molecule has 192 valence electrons. The average molecular weight is 521 g/mol.